The third-order valence-electron chi connectivity index (χ3n) is 3.77. The fraction of sp³-hybridized carbons (Fsp3) is 0. The van der Waals surface area contributed by atoms with Crippen molar-refractivity contribution in [2.24, 2.45) is 0 Å². The molecule has 0 atom stereocenters. The Morgan fingerprint density at radius 2 is 1.85 bits per heavy atom. The van der Waals surface area contributed by atoms with Crippen LogP contribution in [0, 0.1) is 24.0 Å². The van der Waals surface area contributed by atoms with E-state index < -0.39 is 17.5 Å². The number of hydrogen-bond donors (Lipinski definition) is 2. The molecule has 0 aliphatic rings. The number of carbonyl (C=O) groups is 1. The predicted octanol–water partition coefficient (Wildman–Crippen LogP) is 4.57. The first-order valence-corrected chi connectivity index (χ1v) is 7.64. The van der Waals surface area contributed by atoms with E-state index in [0.29, 0.717) is 16.8 Å². The van der Waals surface area contributed by atoms with E-state index in [1.165, 1.54) is 24.3 Å². The highest BCUT2D eigenvalue weighted by Gasteiger charge is 2.15. The molecule has 5 heteroatoms. The maximum atomic E-state index is 14.0. The van der Waals surface area contributed by atoms with Crippen LogP contribution in [-0.2, 0) is 0 Å². The molecule has 3 aromatic carbocycles. The lowest BCUT2D eigenvalue weighted by Gasteiger charge is -2.10. The summed E-state index contributed by atoms with van der Waals surface area (Å²) in [5.74, 6) is 0.157. The van der Waals surface area contributed by atoms with Gasteiger partial charge in [-0.05, 0) is 48.0 Å². The molecule has 0 saturated heterocycles. The number of carbonyl (C=O) groups excluding carboxylic acids is 1. The largest absolute Gasteiger partial charge is 0.507 e. The first-order chi connectivity index (χ1) is 12.5. The molecule has 0 aliphatic carbocycles. The number of rotatable bonds is 3. The minimum Gasteiger partial charge on any atom is -0.507 e. The van der Waals surface area contributed by atoms with Crippen LogP contribution in [0.1, 0.15) is 15.9 Å². The lowest BCUT2D eigenvalue weighted by atomic mass is 10.0. The topological polar surface area (TPSA) is 49.3 Å². The number of anilines is 1. The molecular weight excluding hydrogens is 336 g/mol. The zero-order valence-corrected chi connectivity index (χ0v) is 13.5. The van der Waals surface area contributed by atoms with Crippen molar-refractivity contribution in [2.75, 3.05) is 5.32 Å². The smallest absolute Gasteiger partial charge is 0.259 e. The first kappa shape index (κ1) is 17.2. The van der Waals surface area contributed by atoms with Crippen LogP contribution in [0.5, 0.6) is 5.75 Å². The van der Waals surface area contributed by atoms with E-state index in [-0.39, 0.29) is 16.9 Å². The Kier molecular flexibility index (Phi) is 4.68. The van der Waals surface area contributed by atoms with E-state index >= 15 is 0 Å². The number of terminal acetylenes is 1. The molecule has 1 amide bonds. The predicted molar refractivity (Wildman–Crippen MR) is 95.8 cm³/mol. The number of hydrogen-bond acceptors (Lipinski definition) is 2. The van der Waals surface area contributed by atoms with Gasteiger partial charge in [0.05, 0.1) is 5.56 Å². The van der Waals surface area contributed by atoms with Gasteiger partial charge in [0, 0.05) is 22.9 Å². The average Bonchev–Trinajstić information content (AvgIpc) is 2.62. The van der Waals surface area contributed by atoms with E-state index in [2.05, 4.69) is 11.2 Å². The summed E-state index contributed by atoms with van der Waals surface area (Å²) in [6.07, 6.45) is 5.33. The number of nitrogens with one attached hydrogen (secondary N) is 1. The summed E-state index contributed by atoms with van der Waals surface area (Å²) in [6, 6.07) is 13.9. The van der Waals surface area contributed by atoms with Gasteiger partial charge in [-0.3, -0.25) is 4.79 Å². The van der Waals surface area contributed by atoms with Crippen LogP contribution >= 0.6 is 0 Å². The van der Waals surface area contributed by atoms with Crippen LogP contribution in [0.4, 0.5) is 14.5 Å². The van der Waals surface area contributed by atoms with Gasteiger partial charge in [-0.2, -0.15) is 0 Å². The number of phenols is 1. The van der Waals surface area contributed by atoms with Crippen LogP contribution in [0.15, 0.2) is 60.7 Å². The van der Waals surface area contributed by atoms with Crippen LogP contribution in [0.25, 0.3) is 11.1 Å². The van der Waals surface area contributed by atoms with E-state index in [4.69, 9.17) is 6.42 Å². The van der Waals surface area contributed by atoms with Gasteiger partial charge in [0.15, 0.2) is 0 Å². The molecule has 3 aromatic rings. The Bertz CT molecular complexity index is 1040. The summed E-state index contributed by atoms with van der Waals surface area (Å²) >= 11 is 0. The molecular formula is C21H13F2NO2. The van der Waals surface area contributed by atoms with Gasteiger partial charge in [0.25, 0.3) is 5.91 Å². The molecule has 0 unspecified atom stereocenters. The number of aromatic hydroxyl groups is 1. The number of amides is 1. The van der Waals surface area contributed by atoms with Crippen LogP contribution in [0.2, 0.25) is 0 Å². The highest BCUT2D eigenvalue weighted by atomic mass is 19.1. The van der Waals surface area contributed by atoms with Crippen molar-refractivity contribution >= 4 is 11.6 Å². The van der Waals surface area contributed by atoms with Crippen molar-refractivity contribution in [1.29, 1.82) is 0 Å². The van der Waals surface area contributed by atoms with Crippen molar-refractivity contribution in [3.8, 4) is 29.2 Å². The second-order valence-corrected chi connectivity index (χ2v) is 5.54. The minimum atomic E-state index is -0.760. The molecule has 2 N–H and O–H groups in total. The number of benzene rings is 3. The van der Waals surface area contributed by atoms with Gasteiger partial charge in [0.1, 0.15) is 17.4 Å². The molecule has 128 valence electrons. The molecule has 0 bridgehead atoms. The summed E-state index contributed by atoms with van der Waals surface area (Å²) in [5, 5.41) is 12.6. The second-order valence-electron chi connectivity index (χ2n) is 5.54. The van der Waals surface area contributed by atoms with Crippen LogP contribution in [-0.4, -0.2) is 11.0 Å². The van der Waals surface area contributed by atoms with Crippen molar-refractivity contribution in [3.05, 3.63) is 83.4 Å². The summed E-state index contributed by atoms with van der Waals surface area (Å²) in [4.78, 5) is 12.5. The molecule has 0 heterocycles. The molecule has 0 aliphatic heterocycles. The van der Waals surface area contributed by atoms with Crippen LogP contribution < -0.4 is 5.32 Å². The Hall–Kier alpha value is -3.65. The molecule has 0 saturated carbocycles. The van der Waals surface area contributed by atoms with Gasteiger partial charge < -0.3 is 10.4 Å². The van der Waals surface area contributed by atoms with E-state index in [1.54, 1.807) is 24.3 Å². The molecule has 3 nitrogen and oxygen atoms in total. The molecule has 0 fully saturated rings. The Balaban J connectivity index is 1.94. The van der Waals surface area contributed by atoms with E-state index in [1.807, 2.05) is 0 Å². The lowest BCUT2D eigenvalue weighted by Crippen LogP contribution is -2.12. The zero-order chi connectivity index (χ0) is 18.7. The van der Waals surface area contributed by atoms with Gasteiger partial charge in [-0.1, -0.05) is 18.1 Å². The molecule has 0 aromatic heterocycles. The van der Waals surface area contributed by atoms with Gasteiger partial charge >= 0.3 is 0 Å². The molecule has 3 rings (SSSR count). The highest BCUT2D eigenvalue weighted by molar-refractivity contribution is 6.07. The van der Waals surface area contributed by atoms with Gasteiger partial charge in [-0.25, -0.2) is 8.78 Å². The summed E-state index contributed by atoms with van der Waals surface area (Å²) in [7, 11) is 0. The van der Waals surface area contributed by atoms with Gasteiger partial charge in [0.2, 0.25) is 0 Å². The second kappa shape index (κ2) is 7.08. The third kappa shape index (κ3) is 3.55. The molecule has 0 radical (unpaired) electrons. The van der Waals surface area contributed by atoms with Crippen molar-refractivity contribution < 1.29 is 18.7 Å². The molecule has 0 spiro atoms. The van der Waals surface area contributed by atoms with E-state index in [9.17, 15) is 18.7 Å². The third-order valence-corrected chi connectivity index (χ3v) is 3.77. The van der Waals surface area contributed by atoms with Crippen molar-refractivity contribution in [2.45, 2.75) is 0 Å². The van der Waals surface area contributed by atoms with Gasteiger partial charge in [-0.15, -0.1) is 6.42 Å². The normalized spacial score (nSPS) is 10.2. The SMILES string of the molecule is C#Cc1cccc(NC(=O)c2cc(-c3ccc(F)cc3F)ccc2O)c1. The highest BCUT2D eigenvalue weighted by Crippen LogP contribution is 2.29. The Labute approximate surface area is 148 Å². The fourth-order valence-corrected chi connectivity index (χ4v) is 2.49. The standard InChI is InChI=1S/C21H13F2NO2/c1-2-13-4-3-5-16(10-13)24-21(26)18-11-14(6-9-20(18)25)17-8-7-15(22)12-19(17)23/h1,3-12,25H,(H,24,26). The fourth-order valence-electron chi connectivity index (χ4n) is 2.49. The quantitative estimate of drug-likeness (QED) is 0.681. The lowest BCUT2D eigenvalue weighted by molar-refractivity contribution is 0.102. The number of phenolic OH excluding ortho intramolecular Hbond substituents is 1. The van der Waals surface area contributed by atoms with Crippen molar-refractivity contribution in [3.63, 3.8) is 0 Å². The monoisotopic (exact) mass is 349 g/mol. The summed E-state index contributed by atoms with van der Waals surface area (Å²) < 4.78 is 27.1. The van der Waals surface area contributed by atoms with E-state index in [0.717, 1.165) is 12.1 Å². The zero-order valence-electron chi connectivity index (χ0n) is 13.5. The first-order valence-electron chi connectivity index (χ1n) is 7.64. The molecule has 26 heavy (non-hydrogen) atoms. The maximum absolute atomic E-state index is 14.0. The summed E-state index contributed by atoms with van der Waals surface area (Å²) in [5.41, 5.74) is 1.47. The summed E-state index contributed by atoms with van der Waals surface area (Å²) in [6.45, 7) is 0. The van der Waals surface area contributed by atoms with Crippen molar-refractivity contribution in [1.82, 2.24) is 0 Å². The average molecular weight is 349 g/mol. The Morgan fingerprint density at radius 1 is 1.04 bits per heavy atom. The minimum absolute atomic E-state index is 0.0441. The van der Waals surface area contributed by atoms with Crippen LogP contribution in [0.3, 0.4) is 0 Å². The number of halogens is 2. The maximum Gasteiger partial charge on any atom is 0.259 e. The Morgan fingerprint density at radius 3 is 2.58 bits per heavy atom.